The van der Waals surface area contributed by atoms with Gasteiger partial charge in [-0.3, -0.25) is 4.79 Å². The van der Waals surface area contributed by atoms with Crippen LogP contribution in [0.2, 0.25) is 0 Å². The molecule has 2 aromatic heterocycles. The molecule has 3 aliphatic carbocycles. The van der Waals surface area contributed by atoms with Crippen molar-refractivity contribution in [1.82, 2.24) is 19.9 Å². The number of carbonyl (C=O) groups is 2. The fourth-order valence-electron chi connectivity index (χ4n) is 6.19. The maximum absolute atomic E-state index is 14.0. The Balaban J connectivity index is 1.16. The maximum Gasteiger partial charge on any atom is 0.407 e. The van der Waals surface area contributed by atoms with Gasteiger partial charge in [0.25, 0.3) is 5.91 Å². The van der Waals surface area contributed by atoms with Crippen molar-refractivity contribution in [2.75, 3.05) is 10.6 Å². The van der Waals surface area contributed by atoms with E-state index in [-0.39, 0.29) is 40.9 Å². The molecular weight excluding hydrogens is 475 g/mol. The van der Waals surface area contributed by atoms with Gasteiger partial charge in [0, 0.05) is 31.2 Å². The lowest BCUT2D eigenvalue weighted by Gasteiger charge is -2.57. The highest BCUT2D eigenvalue weighted by molar-refractivity contribution is 6.07. The number of hydrogen-bond acceptors (Lipinski definition) is 6. The predicted molar refractivity (Wildman–Crippen MR) is 138 cm³/mol. The summed E-state index contributed by atoms with van der Waals surface area (Å²) in [7, 11) is 1.95. The largest absolute Gasteiger partial charge is 0.444 e. The summed E-state index contributed by atoms with van der Waals surface area (Å²) in [6, 6.07) is 2.85. The van der Waals surface area contributed by atoms with Crippen molar-refractivity contribution in [3.8, 4) is 0 Å². The van der Waals surface area contributed by atoms with E-state index in [1.807, 2.05) is 38.6 Å². The van der Waals surface area contributed by atoms with Crippen LogP contribution in [0, 0.1) is 11.4 Å². The van der Waals surface area contributed by atoms with Crippen LogP contribution in [-0.4, -0.2) is 44.2 Å². The molecule has 0 atom stereocenters. The van der Waals surface area contributed by atoms with Crippen molar-refractivity contribution in [3.63, 3.8) is 0 Å². The Morgan fingerprint density at radius 1 is 1.08 bits per heavy atom. The summed E-state index contributed by atoms with van der Waals surface area (Å²) in [5, 5.41) is 9.08. The molecule has 10 heteroatoms. The minimum atomic E-state index is -0.639. The van der Waals surface area contributed by atoms with Crippen LogP contribution >= 0.6 is 0 Å². The van der Waals surface area contributed by atoms with E-state index in [0.717, 1.165) is 44.3 Å². The van der Waals surface area contributed by atoms with Crippen LogP contribution in [0.25, 0.3) is 0 Å². The van der Waals surface area contributed by atoms with E-state index in [2.05, 4.69) is 25.9 Å². The highest BCUT2D eigenvalue weighted by Gasteiger charge is 2.53. The van der Waals surface area contributed by atoms with E-state index in [9.17, 15) is 14.0 Å². The lowest BCUT2D eigenvalue weighted by Crippen LogP contribution is -2.59. The van der Waals surface area contributed by atoms with E-state index in [1.165, 1.54) is 25.0 Å². The molecule has 2 aromatic rings. The molecule has 2 amide bonds. The summed E-state index contributed by atoms with van der Waals surface area (Å²) in [5.41, 5.74) is -0.0700. The third-order valence-corrected chi connectivity index (χ3v) is 7.76. The van der Waals surface area contributed by atoms with E-state index in [1.54, 1.807) is 0 Å². The number of anilines is 2. The average molecular weight is 513 g/mol. The second-order valence-electron chi connectivity index (χ2n) is 12.1. The number of amides is 2. The third-order valence-electron chi connectivity index (χ3n) is 7.76. The monoisotopic (exact) mass is 512 g/mol. The average Bonchev–Trinajstić information content (AvgIpc) is 3.38. The fraction of sp³-hybridized carbons (Fsp3) is 0.630. The van der Waals surface area contributed by atoms with Gasteiger partial charge in [0.05, 0.1) is 5.56 Å². The lowest BCUT2D eigenvalue weighted by molar-refractivity contribution is -0.0179. The Morgan fingerprint density at radius 2 is 1.76 bits per heavy atom. The first kappa shape index (κ1) is 25.5. The van der Waals surface area contributed by atoms with E-state index in [4.69, 9.17) is 4.74 Å². The van der Waals surface area contributed by atoms with Gasteiger partial charge in [-0.2, -0.15) is 4.39 Å². The van der Waals surface area contributed by atoms with Crippen LogP contribution in [0.15, 0.2) is 18.3 Å². The first-order valence-electron chi connectivity index (χ1n) is 13.3. The quantitative estimate of drug-likeness (QED) is 0.464. The SMILES string of the molecule is Cn1cc(NC(=O)c2ccc(F)nc2NC2CC3(CC(NC(=O)OC(C)(C)C)C3)C2)nc1C1CCCC1. The molecule has 3 fully saturated rings. The molecule has 0 saturated heterocycles. The van der Waals surface area contributed by atoms with Crippen molar-refractivity contribution >= 4 is 23.6 Å². The third kappa shape index (κ3) is 5.72. The van der Waals surface area contributed by atoms with E-state index >= 15 is 0 Å². The number of rotatable bonds is 6. The number of nitrogens with one attached hydrogen (secondary N) is 3. The molecule has 1 spiro atoms. The molecule has 0 aliphatic heterocycles. The number of aromatic nitrogens is 3. The summed E-state index contributed by atoms with van der Waals surface area (Å²) >= 11 is 0. The first-order valence-corrected chi connectivity index (χ1v) is 13.3. The molecule has 200 valence electrons. The van der Waals surface area contributed by atoms with E-state index < -0.39 is 11.5 Å². The molecule has 0 bridgehead atoms. The van der Waals surface area contributed by atoms with Crippen molar-refractivity contribution in [2.24, 2.45) is 12.5 Å². The summed E-state index contributed by atoms with van der Waals surface area (Å²) in [4.78, 5) is 33.7. The highest BCUT2D eigenvalue weighted by Crippen LogP contribution is 2.56. The predicted octanol–water partition coefficient (Wildman–Crippen LogP) is 5.11. The molecular formula is C27H37FN6O3. The van der Waals surface area contributed by atoms with Crippen LogP contribution in [-0.2, 0) is 11.8 Å². The Morgan fingerprint density at radius 3 is 2.43 bits per heavy atom. The first-order chi connectivity index (χ1) is 17.5. The molecule has 2 heterocycles. The number of hydrogen-bond donors (Lipinski definition) is 3. The van der Waals surface area contributed by atoms with Gasteiger partial charge in [0.1, 0.15) is 17.2 Å². The zero-order chi connectivity index (χ0) is 26.4. The molecule has 3 saturated carbocycles. The van der Waals surface area contributed by atoms with Crippen LogP contribution in [0.5, 0.6) is 0 Å². The summed E-state index contributed by atoms with van der Waals surface area (Å²) in [6.45, 7) is 5.53. The molecule has 3 aliphatic rings. The van der Waals surface area contributed by atoms with Gasteiger partial charge in [-0.25, -0.2) is 14.8 Å². The number of carbonyl (C=O) groups excluding carboxylic acids is 2. The lowest BCUT2D eigenvalue weighted by atomic mass is 9.52. The van der Waals surface area contributed by atoms with Crippen molar-refractivity contribution in [3.05, 3.63) is 35.7 Å². The molecule has 0 unspecified atom stereocenters. The number of imidazole rings is 1. The second-order valence-corrected chi connectivity index (χ2v) is 12.1. The van der Waals surface area contributed by atoms with Gasteiger partial charge >= 0.3 is 6.09 Å². The molecule has 0 radical (unpaired) electrons. The Kier molecular flexibility index (Phi) is 6.62. The van der Waals surface area contributed by atoms with Crippen molar-refractivity contribution in [1.29, 1.82) is 0 Å². The number of aryl methyl sites for hydroxylation is 1. The molecule has 5 rings (SSSR count). The number of ether oxygens (including phenoxy) is 1. The van der Waals surface area contributed by atoms with Crippen LogP contribution < -0.4 is 16.0 Å². The Bertz CT molecular complexity index is 1170. The topological polar surface area (TPSA) is 110 Å². The Labute approximate surface area is 217 Å². The number of pyridine rings is 1. The van der Waals surface area contributed by atoms with Gasteiger partial charge in [0.2, 0.25) is 5.95 Å². The summed E-state index contributed by atoms with van der Waals surface area (Å²) < 4.78 is 21.3. The number of alkyl carbamates (subject to hydrolysis) is 1. The number of nitrogens with zero attached hydrogens (tertiary/aromatic N) is 3. The second kappa shape index (κ2) is 9.61. The summed E-state index contributed by atoms with van der Waals surface area (Å²) in [5.74, 6) is 1.14. The highest BCUT2D eigenvalue weighted by atomic mass is 19.1. The minimum Gasteiger partial charge on any atom is -0.444 e. The molecule has 9 nitrogen and oxygen atoms in total. The zero-order valence-electron chi connectivity index (χ0n) is 22.1. The standard InChI is InChI=1S/C27H37FN6O3/c1-26(2,3)37-25(36)30-18-13-27(14-18)11-17(12-27)29-22-19(9-10-20(28)31-22)24(35)33-21-15-34(4)23(32-21)16-7-5-6-8-16/h9-10,15-18H,5-8,11-14H2,1-4H3,(H,29,31)(H,30,36)(H,33,35). The normalized spacial score (nSPS) is 25.3. The van der Waals surface area contributed by atoms with Gasteiger partial charge < -0.3 is 25.3 Å². The van der Waals surface area contributed by atoms with Gasteiger partial charge in [-0.1, -0.05) is 12.8 Å². The zero-order valence-corrected chi connectivity index (χ0v) is 22.1. The molecule has 0 aromatic carbocycles. The van der Waals surface area contributed by atoms with Crippen LogP contribution in [0.3, 0.4) is 0 Å². The van der Waals surface area contributed by atoms with Crippen LogP contribution in [0.4, 0.5) is 20.8 Å². The molecule has 37 heavy (non-hydrogen) atoms. The minimum absolute atomic E-state index is 0.0900. The fourth-order valence-corrected chi connectivity index (χ4v) is 6.19. The van der Waals surface area contributed by atoms with Gasteiger partial charge in [-0.05, 0) is 76.8 Å². The molecule has 3 N–H and O–H groups in total. The number of halogens is 1. The van der Waals surface area contributed by atoms with Gasteiger partial charge in [0.15, 0.2) is 5.82 Å². The van der Waals surface area contributed by atoms with Crippen molar-refractivity contribution in [2.45, 2.75) is 95.7 Å². The van der Waals surface area contributed by atoms with Crippen molar-refractivity contribution < 1.29 is 18.7 Å². The van der Waals surface area contributed by atoms with E-state index in [0.29, 0.717) is 11.7 Å². The Hall–Kier alpha value is -3.17. The maximum atomic E-state index is 14.0. The summed E-state index contributed by atoms with van der Waals surface area (Å²) in [6.07, 6.45) is 9.62. The van der Waals surface area contributed by atoms with Gasteiger partial charge in [-0.15, -0.1) is 0 Å². The smallest absolute Gasteiger partial charge is 0.407 e. The van der Waals surface area contributed by atoms with Crippen LogP contribution in [0.1, 0.15) is 94.2 Å².